The number of nitrogens with one attached hydrogen (secondary N) is 2. The molecule has 0 heterocycles. The van der Waals surface area contributed by atoms with Crippen LogP contribution in [0.25, 0.3) is 0 Å². The van der Waals surface area contributed by atoms with Gasteiger partial charge in [-0.15, -0.1) is 0 Å². The Hall–Kier alpha value is -1.91. The van der Waals surface area contributed by atoms with Crippen LogP contribution in [0.3, 0.4) is 0 Å². The highest BCUT2D eigenvalue weighted by Gasteiger charge is 2.04. The Kier molecular flexibility index (Phi) is 6.76. The number of halogens is 2. The minimum atomic E-state index is -0.0585. The zero-order valence-electron chi connectivity index (χ0n) is 13.8. The molecular formula is C18H21Cl2N3O. The van der Waals surface area contributed by atoms with Crippen molar-refractivity contribution in [3.05, 3.63) is 58.1 Å². The van der Waals surface area contributed by atoms with Crippen LogP contribution in [0.5, 0.6) is 0 Å². The molecule has 0 aliphatic rings. The highest BCUT2D eigenvalue weighted by atomic mass is 35.5. The van der Waals surface area contributed by atoms with Crippen molar-refractivity contribution in [2.45, 2.75) is 6.42 Å². The molecule has 0 fully saturated rings. The van der Waals surface area contributed by atoms with E-state index in [-0.39, 0.29) is 12.5 Å². The Morgan fingerprint density at radius 3 is 2.42 bits per heavy atom. The average molecular weight is 366 g/mol. The van der Waals surface area contributed by atoms with Crippen LogP contribution in [0.1, 0.15) is 5.56 Å². The third-order valence-corrected chi connectivity index (χ3v) is 4.16. The number of hydrogen-bond donors (Lipinski definition) is 2. The Morgan fingerprint density at radius 1 is 1.08 bits per heavy atom. The van der Waals surface area contributed by atoms with Crippen LogP contribution in [-0.4, -0.2) is 33.1 Å². The summed E-state index contributed by atoms with van der Waals surface area (Å²) in [5.74, 6) is -0.0585. The van der Waals surface area contributed by atoms with E-state index in [1.807, 2.05) is 49.3 Å². The maximum absolute atomic E-state index is 11.9. The molecule has 2 N–H and O–H groups in total. The van der Waals surface area contributed by atoms with Gasteiger partial charge in [-0.25, -0.2) is 0 Å². The maximum Gasteiger partial charge on any atom is 0.239 e. The lowest BCUT2D eigenvalue weighted by molar-refractivity contribution is -0.119. The van der Waals surface area contributed by atoms with Crippen LogP contribution in [0.2, 0.25) is 10.0 Å². The van der Waals surface area contributed by atoms with Gasteiger partial charge in [0.05, 0.1) is 6.54 Å². The number of carbonyl (C=O) groups excluding carboxylic acids is 1. The Morgan fingerprint density at radius 2 is 1.79 bits per heavy atom. The van der Waals surface area contributed by atoms with E-state index in [0.29, 0.717) is 23.0 Å². The summed E-state index contributed by atoms with van der Waals surface area (Å²) in [4.78, 5) is 13.9. The topological polar surface area (TPSA) is 44.4 Å². The molecule has 128 valence electrons. The number of carbonyl (C=O) groups is 1. The average Bonchev–Trinajstić information content (AvgIpc) is 2.55. The SMILES string of the molecule is CN(C)c1ccc(NCC(=O)NCCc2ccc(Cl)cc2Cl)cc1. The van der Waals surface area contributed by atoms with E-state index in [1.165, 1.54) is 0 Å². The van der Waals surface area contributed by atoms with Gasteiger partial charge in [-0.3, -0.25) is 4.79 Å². The van der Waals surface area contributed by atoms with E-state index in [0.717, 1.165) is 16.9 Å². The van der Waals surface area contributed by atoms with Crippen LogP contribution in [0, 0.1) is 0 Å². The third kappa shape index (κ3) is 5.62. The minimum Gasteiger partial charge on any atom is -0.378 e. The molecule has 0 aliphatic heterocycles. The van der Waals surface area contributed by atoms with Crippen LogP contribution in [-0.2, 0) is 11.2 Å². The van der Waals surface area contributed by atoms with Gasteiger partial charge in [-0.1, -0.05) is 29.3 Å². The molecular weight excluding hydrogens is 345 g/mol. The molecule has 0 aromatic heterocycles. The fourth-order valence-electron chi connectivity index (χ4n) is 2.18. The van der Waals surface area contributed by atoms with Gasteiger partial charge in [0.15, 0.2) is 0 Å². The van der Waals surface area contributed by atoms with E-state index < -0.39 is 0 Å². The molecule has 0 atom stereocenters. The summed E-state index contributed by atoms with van der Waals surface area (Å²) >= 11 is 12.0. The van der Waals surface area contributed by atoms with E-state index in [4.69, 9.17) is 23.2 Å². The predicted octanol–water partition coefficient (Wildman–Crippen LogP) is 3.83. The first-order chi connectivity index (χ1) is 11.5. The first-order valence-corrected chi connectivity index (χ1v) is 8.43. The standard InChI is InChI=1S/C18H21Cl2N3O/c1-23(2)16-7-5-15(6-8-16)22-12-18(24)21-10-9-13-3-4-14(19)11-17(13)20/h3-8,11,22H,9-10,12H2,1-2H3,(H,21,24). The fraction of sp³-hybridized carbons (Fsp3) is 0.278. The van der Waals surface area contributed by atoms with Crippen LogP contribution < -0.4 is 15.5 Å². The molecule has 2 rings (SSSR count). The smallest absolute Gasteiger partial charge is 0.239 e. The van der Waals surface area contributed by atoms with Crippen molar-refractivity contribution in [3.63, 3.8) is 0 Å². The zero-order valence-corrected chi connectivity index (χ0v) is 15.3. The van der Waals surface area contributed by atoms with Crippen molar-refractivity contribution < 1.29 is 4.79 Å². The van der Waals surface area contributed by atoms with Crippen molar-refractivity contribution in [2.24, 2.45) is 0 Å². The van der Waals surface area contributed by atoms with E-state index in [1.54, 1.807) is 12.1 Å². The van der Waals surface area contributed by atoms with Crippen molar-refractivity contribution >= 4 is 40.5 Å². The summed E-state index contributed by atoms with van der Waals surface area (Å²) in [5, 5.41) is 7.21. The lowest BCUT2D eigenvalue weighted by Crippen LogP contribution is -2.31. The maximum atomic E-state index is 11.9. The molecule has 0 saturated heterocycles. The van der Waals surface area contributed by atoms with Gasteiger partial charge < -0.3 is 15.5 Å². The van der Waals surface area contributed by atoms with Gasteiger partial charge in [-0.05, 0) is 48.4 Å². The highest BCUT2D eigenvalue weighted by molar-refractivity contribution is 6.35. The van der Waals surface area contributed by atoms with Gasteiger partial charge in [0.1, 0.15) is 0 Å². The molecule has 0 unspecified atom stereocenters. The summed E-state index contributed by atoms with van der Waals surface area (Å²) in [6.07, 6.45) is 0.666. The summed E-state index contributed by atoms with van der Waals surface area (Å²) < 4.78 is 0. The van der Waals surface area contributed by atoms with Crippen molar-refractivity contribution in [3.8, 4) is 0 Å². The van der Waals surface area contributed by atoms with Gasteiger partial charge in [-0.2, -0.15) is 0 Å². The van der Waals surface area contributed by atoms with Crippen LogP contribution in [0.4, 0.5) is 11.4 Å². The van der Waals surface area contributed by atoms with Gasteiger partial charge in [0.2, 0.25) is 5.91 Å². The third-order valence-electron chi connectivity index (χ3n) is 3.57. The summed E-state index contributed by atoms with van der Waals surface area (Å²) in [5.41, 5.74) is 3.00. The summed E-state index contributed by atoms with van der Waals surface area (Å²) in [7, 11) is 3.98. The van der Waals surface area contributed by atoms with Crippen molar-refractivity contribution in [1.82, 2.24) is 5.32 Å². The molecule has 4 nitrogen and oxygen atoms in total. The molecule has 1 amide bonds. The van der Waals surface area contributed by atoms with E-state index in [9.17, 15) is 4.79 Å². The first kappa shape index (κ1) is 18.4. The molecule has 2 aromatic rings. The summed E-state index contributed by atoms with van der Waals surface area (Å²) in [6, 6.07) is 13.3. The second-order valence-corrected chi connectivity index (χ2v) is 6.47. The first-order valence-electron chi connectivity index (χ1n) is 7.67. The molecule has 0 spiro atoms. The summed E-state index contributed by atoms with van der Waals surface area (Å²) in [6.45, 7) is 0.761. The zero-order chi connectivity index (χ0) is 17.5. The molecule has 6 heteroatoms. The van der Waals surface area contributed by atoms with Crippen molar-refractivity contribution in [2.75, 3.05) is 37.4 Å². The second-order valence-electron chi connectivity index (χ2n) is 5.63. The number of anilines is 2. The number of hydrogen-bond acceptors (Lipinski definition) is 3. The van der Waals surface area contributed by atoms with E-state index >= 15 is 0 Å². The number of rotatable bonds is 7. The molecule has 0 saturated carbocycles. The Balaban J connectivity index is 1.73. The quantitative estimate of drug-likeness (QED) is 0.783. The monoisotopic (exact) mass is 365 g/mol. The predicted molar refractivity (Wildman–Crippen MR) is 102 cm³/mol. The number of amides is 1. The molecule has 2 aromatic carbocycles. The highest BCUT2D eigenvalue weighted by Crippen LogP contribution is 2.21. The molecule has 0 aliphatic carbocycles. The molecule has 0 bridgehead atoms. The minimum absolute atomic E-state index is 0.0585. The van der Waals surface area contributed by atoms with E-state index in [2.05, 4.69) is 10.6 Å². The van der Waals surface area contributed by atoms with Gasteiger partial charge in [0.25, 0.3) is 0 Å². The number of nitrogens with zero attached hydrogens (tertiary/aromatic N) is 1. The second kappa shape index (κ2) is 8.81. The molecule has 24 heavy (non-hydrogen) atoms. The van der Waals surface area contributed by atoms with Crippen LogP contribution in [0.15, 0.2) is 42.5 Å². The Bertz CT molecular complexity index is 687. The van der Waals surface area contributed by atoms with Gasteiger partial charge in [0, 0.05) is 42.1 Å². The largest absolute Gasteiger partial charge is 0.378 e. The van der Waals surface area contributed by atoms with Crippen LogP contribution >= 0.6 is 23.2 Å². The lowest BCUT2D eigenvalue weighted by Gasteiger charge is -2.13. The lowest BCUT2D eigenvalue weighted by atomic mass is 10.1. The fourth-order valence-corrected chi connectivity index (χ4v) is 2.69. The molecule has 0 radical (unpaired) electrons. The normalized spacial score (nSPS) is 10.3. The van der Waals surface area contributed by atoms with Crippen molar-refractivity contribution in [1.29, 1.82) is 0 Å². The van der Waals surface area contributed by atoms with Gasteiger partial charge >= 0.3 is 0 Å². The Labute approximate surface area is 152 Å². The number of benzene rings is 2.